The maximum Gasteiger partial charge on any atom is 0.327 e. The van der Waals surface area contributed by atoms with E-state index in [-0.39, 0.29) is 5.97 Å². The van der Waals surface area contributed by atoms with Gasteiger partial charge in [0.05, 0.1) is 6.61 Å². The van der Waals surface area contributed by atoms with Gasteiger partial charge >= 0.3 is 5.97 Å². The number of benzene rings is 2. The Morgan fingerprint density at radius 1 is 1.24 bits per heavy atom. The van der Waals surface area contributed by atoms with E-state index in [4.69, 9.17) is 10.5 Å². The van der Waals surface area contributed by atoms with Crippen LogP contribution in [0.2, 0.25) is 0 Å². The molecule has 0 aromatic heterocycles. The van der Waals surface area contributed by atoms with Crippen molar-refractivity contribution in [2.75, 3.05) is 6.61 Å². The molecular formula is C14H15NO2. The smallest absolute Gasteiger partial charge is 0.327 e. The van der Waals surface area contributed by atoms with Gasteiger partial charge in [-0.2, -0.15) is 0 Å². The van der Waals surface area contributed by atoms with Gasteiger partial charge in [0.2, 0.25) is 0 Å². The van der Waals surface area contributed by atoms with E-state index in [2.05, 4.69) is 0 Å². The Morgan fingerprint density at radius 3 is 2.65 bits per heavy atom. The third kappa shape index (κ3) is 2.45. The number of esters is 1. The van der Waals surface area contributed by atoms with Gasteiger partial charge in [-0.05, 0) is 29.3 Å². The monoisotopic (exact) mass is 229 g/mol. The first-order valence-corrected chi connectivity index (χ1v) is 5.63. The zero-order valence-electron chi connectivity index (χ0n) is 9.72. The van der Waals surface area contributed by atoms with Crippen molar-refractivity contribution in [3.63, 3.8) is 0 Å². The lowest BCUT2D eigenvalue weighted by Gasteiger charge is -2.11. The quantitative estimate of drug-likeness (QED) is 0.822. The van der Waals surface area contributed by atoms with Gasteiger partial charge < -0.3 is 10.5 Å². The molecule has 3 heteroatoms. The lowest BCUT2D eigenvalue weighted by molar-refractivity contribution is -0.144. The molecule has 0 aliphatic rings. The van der Waals surface area contributed by atoms with E-state index in [9.17, 15) is 4.79 Å². The summed E-state index contributed by atoms with van der Waals surface area (Å²) in [4.78, 5) is 11.5. The molecule has 3 nitrogen and oxygen atoms in total. The first kappa shape index (κ1) is 11.6. The molecule has 0 radical (unpaired) electrons. The molecule has 0 saturated carbocycles. The summed E-state index contributed by atoms with van der Waals surface area (Å²) in [7, 11) is 0. The Bertz CT molecular complexity index is 536. The van der Waals surface area contributed by atoms with Crippen LogP contribution in [0.1, 0.15) is 18.5 Å². The molecule has 2 aromatic rings. The fraction of sp³-hybridized carbons (Fsp3) is 0.214. The van der Waals surface area contributed by atoms with Crippen LogP contribution >= 0.6 is 0 Å². The van der Waals surface area contributed by atoms with Crippen molar-refractivity contribution in [2.45, 2.75) is 13.0 Å². The highest BCUT2D eigenvalue weighted by atomic mass is 16.5. The van der Waals surface area contributed by atoms with Crippen molar-refractivity contribution < 1.29 is 9.53 Å². The Morgan fingerprint density at radius 2 is 1.94 bits per heavy atom. The molecule has 0 unspecified atom stereocenters. The van der Waals surface area contributed by atoms with Gasteiger partial charge in [-0.15, -0.1) is 0 Å². The van der Waals surface area contributed by atoms with Gasteiger partial charge in [0.25, 0.3) is 0 Å². The van der Waals surface area contributed by atoms with Crippen LogP contribution in [-0.4, -0.2) is 12.6 Å². The molecular weight excluding hydrogens is 214 g/mol. The average Bonchev–Trinajstić information content (AvgIpc) is 2.37. The first-order chi connectivity index (χ1) is 8.22. The van der Waals surface area contributed by atoms with Crippen molar-refractivity contribution in [2.24, 2.45) is 5.73 Å². The van der Waals surface area contributed by atoms with E-state index in [0.29, 0.717) is 6.61 Å². The van der Waals surface area contributed by atoms with Crippen molar-refractivity contribution >= 4 is 16.7 Å². The largest absolute Gasteiger partial charge is 0.465 e. The van der Waals surface area contributed by atoms with Crippen LogP contribution in [0.4, 0.5) is 0 Å². The number of rotatable bonds is 3. The number of fused-ring (bicyclic) bond motifs is 1. The lowest BCUT2D eigenvalue weighted by Crippen LogP contribution is -2.23. The second-order valence-corrected chi connectivity index (χ2v) is 3.84. The van der Waals surface area contributed by atoms with Crippen LogP contribution in [-0.2, 0) is 9.53 Å². The summed E-state index contributed by atoms with van der Waals surface area (Å²) in [6, 6.07) is 13.0. The minimum atomic E-state index is -0.709. The van der Waals surface area contributed by atoms with Crippen LogP contribution in [0.15, 0.2) is 42.5 Å². The van der Waals surface area contributed by atoms with Gasteiger partial charge in [-0.3, -0.25) is 0 Å². The van der Waals surface area contributed by atoms with Gasteiger partial charge in [0, 0.05) is 0 Å². The van der Waals surface area contributed by atoms with E-state index >= 15 is 0 Å². The lowest BCUT2D eigenvalue weighted by atomic mass is 10.0. The zero-order valence-corrected chi connectivity index (χ0v) is 9.72. The van der Waals surface area contributed by atoms with Gasteiger partial charge in [0.15, 0.2) is 0 Å². The molecule has 0 aliphatic carbocycles. The zero-order chi connectivity index (χ0) is 12.3. The Hall–Kier alpha value is -1.87. The fourth-order valence-electron chi connectivity index (χ4n) is 1.77. The maximum atomic E-state index is 11.5. The Kier molecular flexibility index (Phi) is 3.40. The summed E-state index contributed by atoms with van der Waals surface area (Å²) < 4.78 is 4.91. The summed E-state index contributed by atoms with van der Waals surface area (Å²) >= 11 is 0. The van der Waals surface area contributed by atoms with E-state index in [1.807, 2.05) is 42.5 Å². The molecule has 0 saturated heterocycles. The molecule has 2 rings (SSSR count). The summed E-state index contributed by atoms with van der Waals surface area (Å²) in [5.41, 5.74) is 6.62. The number of carbonyl (C=O) groups is 1. The second kappa shape index (κ2) is 4.97. The number of ether oxygens (including phenoxy) is 1. The number of nitrogens with two attached hydrogens (primary N) is 1. The van der Waals surface area contributed by atoms with Gasteiger partial charge in [-0.25, -0.2) is 4.79 Å². The minimum absolute atomic E-state index is 0.347. The van der Waals surface area contributed by atoms with Crippen molar-refractivity contribution in [3.05, 3.63) is 48.0 Å². The standard InChI is InChI=1S/C14H15NO2/c1-2-17-14(16)13(15)12-8-7-10-5-3-4-6-11(10)9-12/h3-9,13H,2,15H2,1H3/t13-/m0/s1. The van der Waals surface area contributed by atoms with Gasteiger partial charge in [0.1, 0.15) is 6.04 Å². The summed E-state index contributed by atoms with van der Waals surface area (Å²) in [5, 5.41) is 2.21. The summed E-state index contributed by atoms with van der Waals surface area (Å²) in [5.74, 6) is -0.386. The van der Waals surface area contributed by atoms with E-state index in [1.165, 1.54) is 0 Å². The highest BCUT2D eigenvalue weighted by Crippen LogP contribution is 2.19. The highest BCUT2D eigenvalue weighted by molar-refractivity contribution is 5.85. The van der Waals surface area contributed by atoms with E-state index in [1.54, 1.807) is 6.92 Å². The minimum Gasteiger partial charge on any atom is -0.465 e. The molecule has 2 N–H and O–H groups in total. The summed E-state index contributed by atoms with van der Waals surface area (Å²) in [6.45, 7) is 2.12. The SMILES string of the molecule is CCOC(=O)[C@@H](N)c1ccc2ccccc2c1. The van der Waals surface area contributed by atoms with Crippen LogP contribution in [0, 0.1) is 0 Å². The Balaban J connectivity index is 2.32. The van der Waals surface area contributed by atoms with Crippen LogP contribution in [0.25, 0.3) is 10.8 Å². The fourth-order valence-corrected chi connectivity index (χ4v) is 1.77. The molecule has 0 heterocycles. The molecule has 88 valence electrons. The van der Waals surface area contributed by atoms with Crippen molar-refractivity contribution in [3.8, 4) is 0 Å². The van der Waals surface area contributed by atoms with Crippen molar-refractivity contribution in [1.82, 2.24) is 0 Å². The highest BCUT2D eigenvalue weighted by Gasteiger charge is 2.16. The third-order valence-electron chi connectivity index (χ3n) is 2.67. The van der Waals surface area contributed by atoms with E-state index < -0.39 is 6.04 Å². The molecule has 0 bridgehead atoms. The van der Waals surface area contributed by atoms with E-state index in [0.717, 1.165) is 16.3 Å². The van der Waals surface area contributed by atoms with Crippen molar-refractivity contribution in [1.29, 1.82) is 0 Å². The number of hydrogen-bond donors (Lipinski definition) is 1. The normalized spacial score (nSPS) is 12.4. The maximum absolute atomic E-state index is 11.5. The Labute approximate surface area is 100 Å². The molecule has 0 amide bonds. The molecule has 0 spiro atoms. The molecule has 0 fully saturated rings. The number of carbonyl (C=O) groups excluding carboxylic acids is 1. The predicted molar refractivity (Wildman–Crippen MR) is 67.5 cm³/mol. The average molecular weight is 229 g/mol. The topological polar surface area (TPSA) is 52.3 Å². The van der Waals surface area contributed by atoms with Crippen LogP contribution in [0.3, 0.4) is 0 Å². The van der Waals surface area contributed by atoms with Crippen LogP contribution in [0.5, 0.6) is 0 Å². The first-order valence-electron chi connectivity index (χ1n) is 5.63. The summed E-state index contributed by atoms with van der Waals surface area (Å²) in [6.07, 6.45) is 0. The van der Waals surface area contributed by atoms with Gasteiger partial charge in [-0.1, -0.05) is 36.4 Å². The second-order valence-electron chi connectivity index (χ2n) is 3.84. The third-order valence-corrected chi connectivity index (χ3v) is 2.67. The predicted octanol–water partition coefficient (Wildman–Crippen LogP) is 2.40. The molecule has 2 aromatic carbocycles. The molecule has 1 atom stereocenters. The van der Waals surface area contributed by atoms with Crippen LogP contribution < -0.4 is 5.73 Å². The number of hydrogen-bond acceptors (Lipinski definition) is 3. The molecule has 0 aliphatic heterocycles. The molecule has 17 heavy (non-hydrogen) atoms.